The standard InChI is InChI=1S/C4H7NO2S/c1-5(2)3-4-8(6)7/h3H,1-2H3. The smallest absolute Gasteiger partial charge is 0.261 e. The zero-order valence-electron chi connectivity index (χ0n) is 4.75. The average molecular weight is 133 g/mol. The van der Waals surface area contributed by atoms with Gasteiger partial charge in [-0.05, 0) is 0 Å². The maximum absolute atomic E-state index is 9.73. The summed E-state index contributed by atoms with van der Waals surface area (Å²) in [5.41, 5.74) is 0. The monoisotopic (exact) mass is 133 g/mol. The average Bonchev–Trinajstić information content (AvgIpc) is 1.61. The highest BCUT2D eigenvalue weighted by molar-refractivity contribution is 7.70. The lowest BCUT2D eigenvalue weighted by Crippen LogP contribution is -1.99. The van der Waals surface area contributed by atoms with Crippen molar-refractivity contribution in [2.45, 2.75) is 0 Å². The van der Waals surface area contributed by atoms with Gasteiger partial charge in [-0.15, -0.1) is 0 Å². The Morgan fingerprint density at radius 2 is 2.00 bits per heavy atom. The summed E-state index contributed by atoms with van der Waals surface area (Å²) >= 11 is 0. The van der Waals surface area contributed by atoms with Gasteiger partial charge in [0.25, 0.3) is 10.3 Å². The molecule has 0 rings (SSSR count). The summed E-state index contributed by atoms with van der Waals surface area (Å²) in [6, 6.07) is 0. The molecule has 0 N–H and O–H groups in total. The molecular formula is C4H7NO2S. The van der Waals surface area contributed by atoms with Gasteiger partial charge in [-0.3, -0.25) is 0 Å². The van der Waals surface area contributed by atoms with E-state index in [2.05, 4.69) is 5.02 Å². The van der Waals surface area contributed by atoms with Crippen molar-refractivity contribution in [2.24, 2.45) is 0 Å². The van der Waals surface area contributed by atoms with E-state index in [-0.39, 0.29) is 0 Å². The Hall–Kier alpha value is -0.730. The predicted octanol–water partition coefficient (Wildman–Crippen LogP) is -0.658. The van der Waals surface area contributed by atoms with E-state index in [1.807, 2.05) is 0 Å². The van der Waals surface area contributed by atoms with Gasteiger partial charge in [0.15, 0.2) is 0 Å². The van der Waals surface area contributed by atoms with Crippen LogP contribution >= 0.6 is 0 Å². The van der Waals surface area contributed by atoms with Crippen LogP contribution in [0.3, 0.4) is 0 Å². The fourth-order valence-corrected chi connectivity index (χ4v) is 0.445. The molecule has 0 bridgehead atoms. The molecule has 8 heavy (non-hydrogen) atoms. The Labute approximate surface area is 49.8 Å². The molecule has 0 atom stereocenters. The van der Waals surface area contributed by atoms with Gasteiger partial charge in [-0.2, -0.15) is 8.42 Å². The second kappa shape index (κ2) is 3.29. The molecule has 0 aliphatic carbocycles. The van der Waals surface area contributed by atoms with Gasteiger partial charge in [-0.25, -0.2) is 0 Å². The van der Waals surface area contributed by atoms with Crippen LogP contribution in [0.5, 0.6) is 0 Å². The maximum atomic E-state index is 9.73. The molecule has 4 heteroatoms. The summed E-state index contributed by atoms with van der Waals surface area (Å²) < 4.78 is 19.5. The minimum atomic E-state index is -2.18. The summed E-state index contributed by atoms with van der Waals surface area (Å²) in [5, 5.41) is 2.06. The molecule has 0 saturated heterocycles. The Balaban J connectivity index is 4.27. The van der Waals surface area contributed by atoms with Gasteiger partial charge in [-0.1, -0.05) is 0 Å². The highest BCUT2D eigenvalue weighted by atomic mass is 32.2. The Morgan fingerprint density at radius 1 is 1.50 bits per heavy atom. The maximum Gasteiger partial charge on any atom is 0.261 e. The van der Waals surface area contributed by atoms with E-state index in [9.17, 15) is 8.42 Å². The lowest BCUT2D eigenvalue weighted by molar-refractivity contribution is 0.570. The lowest BCUT2D eigenvalue weighted by atomic mass is 10.9. The molecule has 0 fully saturated rings. The second-order valence-electron chi connectivity index (χ2n) is 1.45. The first-order valence-corrected chi connectivity index (χ1v) is 3.05. The van der Waals surface area contributed by atoms with Gasteiger partial charge in [0, 0.05) is 19.1 Å². The van der Waals surface area contributed by atoms with E-state index >= 15 is 0 Å². The van der Waals surface area contributed by atoms with E-state index < -0.39 is 10.3 Å². The third-order valence-electron chi connectivity index (χ3n) is 0.407. The minimum absolute atomic E-state index is 1.34. The molecule has 0 heterocycles. The minimum Gasteiger partial charge on any atom is -0.376 e. The quantitative estimate of drug-likeness (QED) is 0.446. The van der Waals surface area contributed by atoms with E-state index in [1.165, 1.54) is 6.20 Å². The van der Waals surface area contributed by atoms with E-state index in [4.69, 9.17) is 0 Å². The van der Waals surface area contributed by atoms with E-state index in [1.54, 1.807) is 19.0 Å². The Kier molecular flexibility index (Phi) is 2.99. The van der Waals surface area contributed by atoms with Crippen molar-refractivity contribution in [3.63, 3.8) is 0 Å². The molecule has 0 aromatic carbocycles. The van der Waals surface area contributed by atoms with Gasteiger partial charge < -0.3 is 4.90 Å². The van der Waals surface area contributed by atoms with Crippen molar-refractivity contribution < 1.29 is 8.42 Å². The van der Waals surface area contributed by atoms with Crippen LogP contribution in [0.25, 0.3) is 0 Å². The SMILES string of the molecule is CN(C)C=C=S(=O)=O. The van der Waals surface area contributed by atoms with Crippen LogP contribution in [0.15, 0.2) is 6.20 Å². The molecule has 0 spiro atoms. The molecule has 0 amide bonds. The Morgan fingerprint density at radius 3 is 2.12 bits per heavy atom. The van der Waals surface area contributed by atoms with Crippen molar-refractivity contribution in [2.75, 3.05) is 14.1 Å². The molecule has 0 aromatic heterocycles. The van der Waals surface area contributed by atoms with Crippen molar-refractivity contribution in [3.8, 4) is 0 Å². The molecular weight excluding hydrogens is 126 g/mol. The molecule has 0 aliphatic rings. The molecule has 0 unspecified atom stereocenters. The fourth-order valence-electron chi connectivity index (χ4n) is 0.148. The normalized spacial score (nSPS) is 7.25. The molecule has 46 valence electrons. The van der Waals surface area contributed by atoms with Gasteiger partial charge >= 0.3 is 0 Å². The van der Waals surface area contributed by atoms with Crippen LogP contribution in [0.2, 0.25) is 0 Å². The summed E-state index contributed by atoms with van der Waals surface area (Å²) in [4.78, 5) is 1.59. The zero-order chi connectivity index (χ0) is 6.57. The van der Waals surface area contributed by atoms with Crippen LogP contribution in [0.4, 0.5) is 0 Å². The van der Waals surface area contributed by atoms with Crippen LogP contribution < -0.4 is 0 Å². The second-order valence-corrected chi connectivity index (χ2v) is 2.15. The molecule has 3 nitrogen and oxygen atoms in total. The predicted molar refractivity (Wildman–Crippen MR) is 32.2 cm³/mol. The zero-order valence-corrected chi connectivity index (χ0v) is 5.57. The summed E-state index contributed by atoms with van der Waals surface area (Å²) in [7, 11) is 1.26. The number of nitrogens with zero attached hydrogens (tertiary/aromatic N) is 1. The number of hydrogen-bond donors (Lipinski definition) is 0. The highest BCUT2D eigenvalue weighted by Crippen LogP contribution is 1.64. The topological polar surface area (TPSA) is 37.4 Å². The van der Waals surface area contributed by atoms with Gasteiger partial charge in [0.2, 0.25) is 0 Å². The van der Waals surface area contributed by atoms with E-state index in [0.717, 1.165) is 0 Å². The molecule has 0 aliphatic heterocycles. The van der Waals surface area contributed by atoms with Crippen molar-refractivity contribution in [3.05, 3.63) is 6.20 Å². The van der Waals surface area contributed by atoms with Crippen LogP contribution in [-0.4, -0.2) is 32.4 Å². The van der Waals surface area contributed by atoms with Crippen molar-refractivity contribution in [1.82, 2.24) is 4.90 Å². The molecule has 0 aromatic rings. The Bertz CT molecular complexity index is 200. The first-order chi connectivity index (χ1) is 3.63. The first-order valence-electron chi connectivity index (χ1n) is 1.98. The summed E-state index contributed by atoms with van der Waals surface area (Å²) in [5.74, 6) is 0. The van der Waals surface area contributed by atoms with E-state index in [0.29, 0.717) is 0 Å². The number of hydrogen-bond acceptors (Lipinski definition) is 3. The van der Waals surface area contributed by atoms with Gasteiger partial charge in [0.05, 0.1) is 6.20 Å². The highest BCUT2D eigenvalue weighted by Gasteiger charge is 1.68. The first kappa shape index (κ1) is 7.27. The van der Waals surface area contributed by atoms with Crippen LogP contribution in [0.1, 0.15) is 0 Å². The molecule has 0 radical (unpaired) electrons. The fraction of sp³-hybridized carbons (Fsp3) is 0.500. The summed E-state index contributed by atoms with van der Waals surface area (Å²) in [6.45, 7) is 0. The van der Waals surface area contributed by atoms with Crippen molar-refractivity contribution >= 4 is 15.3 Å². The summed E-state index contributed by atoms with van der Waals surface area (Å²) in [6.07, 6.45) is 1.34. The van der Waals surface area contributed by atoms with Crippen molar-refractivity contribution in [1.29, 1.82) is 0 Å². The molecule has 0 saturated carbocycles. The third-order valence-corrected chi connectivity index (χ3v) is 0.705. The largest absolute Gasteiger partial charge is 0.376 e. The van der Waals surface area contributed by atoms with Crippen LogP contribution in [0, 0.1) is 0 Å². The third kappa shape index (κ3) is 5.27. The van der Waals surface area contributed by atoms with Crippen LogP contribution in [-0.2, 0) is 10.3 Å². The van der Waals surface area contributed by atoms with Gasteiger partial charge in [0.1, 0.15) is 0 Å². The number of rotatable bonds is 1. The lowest BCUT2D eigenvalue weighted by Gasteiger charge is -1.97.